The third kappa shape index (κ3) is 4.56. The molecule has 0 saturated carbocycles. The fraction of sp³-hybridized carbons (Fsp3) is 0.308. The number of hydrogen-bond donors (Lipinski definition) is 2. The highest BCUT2D eigenvalue weighted by Crippen LogP contribution is 2.46. The Labute approximate surface area is 175 Å². The van der Waals surface area contributed by atoms with E-state index in [9.17, 15) is 5.11 Å². The van der Waals surface area contributed by atoms with Crippen molar-refractivity contribution >= 4 is 17.1 Å². The van der Waals surface area contributed by atoms with Gasteiger partial charge in [0, 0.05) is 5.56 Å². The van der Waals surface area contributed by atoms with Crippen LogP contribution in [0.15, 0.2) is 72.8 Å². The van der Waals surface area contributed by atoms with E-state index in [4.69, 9.17) is 0 Å². The van der Waals surface area contributed by atoms with E-state index < -0.39 is 0 Å². The lowest BCUT2D eigenvalue weighted by molar-refractivity contribution is 0.435. The number of nitrogens with one attached hydrogen (secondary N) is 1. The molecule has 0 aliphatic carbocycles. The van der Waals surface area contributed by atoms with Crippen LogP contribution in [0.5, 0.6) is 5.75 Å². The number of para-hydroxylation sites is 2. The van der Waals surface area contributed by atoms with Gasteiger partial charge in [-0.3, -0.25) is 10.4 Å². The summed E-state index contributed by atoms with van der Waals surface area (Å²) in [5.41, 5.74) is 8.41. The molecule has 0 aromatic heterocycles. The van der Waals surface area contributed by atoms with E-state index in [0.29, 0.717) is 5.75 Å². The maximum atomic E-state index is 10.8. The Morgan fingerprint density at radius 1 is 0.655 bits per heavy atom. The van der Waals surface area contributed by atoms with E-state index in [1.807, 2.05) is 48.5 Å². The molecule has 0 aliphatic rings. The molecule has 0 unspecified atom stereocenters. The maximum absolute atomic E-state index is 10.8. The number of rotatable bonds is 4. The second-order valence-corrected chi connectivity index (χ2v) is 9.50. The van der Waals surface area contributed by atoms with Crippen LogP contribution in [0.25, 0.3) is 0 Å². The lowest BCUT2D eigenvalue weighted by atomic mass is 9.74. The Morgan fingerprint density at radius 3 is 1.69 bits per heavy atom. The quantitative estimate of drug-likeness (QED) is 0.466. The fourth-order valence-corrected chi connectivity index (χ4v) is 3.77. The van der Waals surface area contributed by atoms with E-state index in [1.165, 1.54) is 0 Å². The normalized spacial score (nSPS) is 11.9. The molecule has 0 heterocycles. The summed E-state index contributed by atoms with van der Waals surface area (Å²) in [4.78, 5) is 0. The lowest BCUT2D eigenvalue weighted by Gasteiger charge is -2.37. The summed E-state index contributed by atoms with van der Waals surface area (Å²) in [6, 6.07) is 24.3. The minimum atomic E-state index is -0.197. The summed E-state index contributed by atoms with van der Waals surface area (Å²) in [6.45, 7) is 13.1. The van der Waals surface area contributed by atoms with E-state index in [1.54, 1.807) is 0 Å². The number of phenols is 1. The van der Waals surface area contributed by atoms with Crippen LogP contribution in [0.3, 0.4) is 0 Å². The SMILES string of the molecule is CC(C)(C)c1c(O)ccc(N(Nc2ccccc2)c2ccccc2)c1C(C)(C)C. The van der Waals surface area contributed by atoms with Crippen molar-refractivity contribution in [3.63, 3.8) is 0 Å². The number of hydrogen-bond acceptors (Lipinski definition) is 3. The summed E-state index contributed by atoms with van der Waals surface area (Å²) >= 11 is 0. The fourth-order valence-electron chi connectivity index (χ4n) is 3.77. The molecule has 3 heteroatoms. The molecule has 3 rings (SSSR count). The highest BCUT2D eigenvalue weighted by atomic mass is 16.3. The van der Waals surface area contributed by atoms with Gasteiger partial charge < -0.3 is 5.11 Å². The number of anilines is 3. The average molecular weight is 389 g/mol. The predicted octanol–water partition coefficient (Wildman–Crippen LogP) is 7.15. The maximum Gasteiger partial charge on any atom is 0.119 e. The second-order valence-electron chi connectivity index (χ2n) is 9.50. The standard InChI is InChI=1S/C26H32N2O/c1-25(2,3)23-21(17-18-22(29)24(23)26(4,5)6)28(20-15-11-8-12-16-20)27-19-13-9-7-10-14-19/h7-18,27,29H,1-6H3. The third-order valence-corrected chi connectivity index (χ3v) is 4.93. The van der Waals surface area contributed by atoms with Gasteiger partial charge in [-0.2, -0.15) is 0 Å². The zero-order valence-corrected chi connectivity index (χ0v) is 18.3. The molecule has 0 radical (unpaired) electrons. The Balaban J connectivity index is 2.28. The topological polar surface area (TPSA) is 35.5 Å². The smallest absolute Gasteiger partial charge is 0.119 e. The highest BCUT2D eigenvalue weighted by Gasteiger charge is 2.32. The monoisotopic (exact) mass is 388 g/mol. The van der Waals surface area contributed by atoms with Gasteiger partial charge >= 0.3 is 0 Å². The highest BCUT2D eigenvalue weighted by molar-refractivity contribution is 5.74. The first-order valence-corrected chi connectivity index (χ1v) is 10.1. The Kier molecular flexibility index (Phi) is 5.61. The molecule has 0 fully saturated rings. The number of hydrazine groups is 1. The Morgan fingerprint density at radius 2 is 1.17 bits per heavy atom. The molecule has 0 saturated heterocycles. The summed E-state index contributed by atoms with van der Waals surface area (Å²) < 4.78 is 0. The van der Waals surface area contributed by atoms with Gasteiger partial charge in [0.15, 0.2) is 0 Å². The third-order valence-electron chi connectivity index (χ3n) is 4.93. The summed E-state index contributed by atoms with van der Waals surface area (Å²) in [5.74, 6) is 0.346. The van der Waals surface area contributed by atoms with Crippen molar-refractivity contribution in [2.24, 2.45) is 0 Å². The van der Waals surface area contributed by atoms with E-state index in [-0.39, 0.29) is 10.8 Å². The van der Waals surface area contributed by atoms with Gasteiger partial charge in [-0.15, -0.1) is 0 Å². The predicted molar refractivity (Wildman–Crippen MR) is 124 cm³/mol. The lowest BCUT2D eigenvalue weighted by Crippen LogP contribution is -2.30. The van der Waals surface area contributed by atoms with Crippen LogP contribution >= 0.6 is 0 Å². The first-order valence-electron chi connectivity index (χ1n) is 10.1. The van der Waals surface area contributed by atoms with Crippen molar-refractivity contribution in [1.82, 2.24) is 0 Å². The molecule has 3 aromatic rings. The van der Waals surface area contributed by atoms with Crippen LogP contribution in [0.1, 0.15) is 52.7 Å². The van der Waals surface area contributed by atoms with E-state index >= 15 is 0 Å². The first kappa shape index (κ1) is 20.8. The molecule has 29 heavy (non-hydrogen) atoms. The van der Waals surface area contributed by atoms with Crippen LogP contribution in [-0.2, 0) is 10.8 Å². The van der Waals surface area contributed by atoms with Crippen LogP contribution in [0.2, 0.25) is 0 Å². The number of benzene rings is 3. The number of phenolic OH excluding ortho intramolecular Hbond substituents is 1. The van der Waals surface area contributed by atoms with Crippen molar-refractivity contribution in [1.29, 1.82) is 0 Å². The minimum Gasteiger partial charge on any atom is -0.508 e. The van der Waals surface area contributed by atoms with Gasteiger partial charge in [0.05, 0.1) is 17.1 Å². The molecular formula is C26H32N2O. The van der Waals surface area contributed by atoms with Gasteiger partial charge in [0.25, 0.3) is 0 Å². The van der Waals surface area contributed by atoms with Gasteiger partial charge in [-0.05, 0) is 52.8 Å². The van der Waals surface area contributed by atoms with Crippen LogP contribution < -0.4 is 10.4 Å². The van der Waals surface area contributed by atoms with Gasteiger partial charge in [-0.25, -0.2) is 0 Å². The summed E-state index contributed by atoms with van der Waals surface area (Å²) in [5, 5.41) is 12.9. The van der Waals surface area contributed by atoms with Crippen molar-refractivity contribution in [2.45, 2.75) is 52.4 Å². The van der Waals surface area contributed by atoms with Gasteiger partial charge in [0.1, 0.15) is 5.75 Å². The zero-order chi connectivity index (χ0) is 21.2. The van der Waals surface area contributed by atoms with Gasteiger partial charge in [-0.1, -0.05) is 77.9 Å². The van der Waals surface area contributed by atoms with E-state index in [0.717, 1.165) is 28.2 Å². The minimum absolute atomic E-state index is 0.165. The zero-order valence-electron chi connectivity index (χ0n) is 18.3. The molecule has 0 spiro atoms. The van der Waals surface area contributed by atoms with Crippen molar-refractivity contribution < 1.29 is 5.11 Å². The van der Waals surface area contributed by atoms with Crippen LogP contribution in [0, 0.1) is 0 Å². The molecule has 2 N–H and O–H groups in total. The van der Waals surface area contributed by atoms with Crippen LogP contribution in [-0.4, -0.2) is 5.11 Å². The van der Waals surface area contributed by atoms with Crippen molar-refractivity contribution in [2.75, 3.05) is 10.4 Å². The summed E-state index contributed by atoms with van der Waals surface area (Å²) in [7, 11) is 0. The largest absolute Gasteiger partial charge is 0.508 e. The first-order chi connectivity index (χ1) is 13.6. The van der Waals surface area contributed by atoms with Crippen LogP contribution in [0.4, 0.5) is 17.1 Å². The molecule has 3 aromatic carbocycles. The molecular weight excluding hydrogens is 356 g/mol. The Bertz CT molecular complexity index is 952. The molecule has 0 aliphatic heterocycles. The molecule has 0 bridgehead atoms. The second kappa shape index (κ2) is 7.82. The van der Waals surface area contributed by atoms with E-state index in [2.05, 4.69) is 76.2 Å². The number of nitrogens with zero attached hydrogens (tertiary/aromatic N) is 1. The molecule has 3 nitrogen and oxygen atoms in total. The molecule has 0 atom stereocenters. The Hall–Kier alpha value is -2.94. The van der Waals surface area contributed by atoms with Crippen molar-refractivity contribution in [3.05, 3.63) is 83.9 Å². The summed E-state index contributed by atoms with van der Waals surface area (Å²) in [6.07, 6.45) is 0. The molecule has 152 valence electrons. The van der Waals surface area contributed by atoms with Crippen molar-refractivity contribution in [3.8, 4) is 5.75 Å². The van der Waals surface area contributed by atoms with Gasteiger partial charge in [0.2, 0.25) is 0 Å². The number of aromatic hydroxyl groups is 1. The molecule has 0 amide bonds. The average Bonchev–Trinajstić information content (AvgIpc) is 2.66.